The maximum Gasteiger partial charge on any atom is 0.441 e. The van der Waals surface area contributed by atoms with Crippen LogP contribution in [0.25, 0.3) is 6.08 Å². The number of furan rings is 1. The minimum absolute atomic E-state index is 0.200. The van der Waals surface area contributed by atoms with Crippen LogP contribution in [0, 0.1) is 5.41 Å². The molecule has 1 aromatic heterocycles. The van der Waals surface area contributed by atoms with E-state index >= 15 is 0 Å². The summed E-state index contributed by atoms with van der Waals surface area (Å²) in [5.41, 5.74) is -0.223. The lowest BCUT2D eigenvalue weighted by molar-refractivity contribution is -0.114. The summed E-state index contributed by atoms with van der Waals surface area (Å²) in [5, 5.41) is 11.7. The van der Waals surface area contributed by atoms with Crippen LogP contribution in [-0.2, 0) is 4.79 Å². The number of carbonyl (C=O) groups is 1. The van der Waals surface area contributed by atoms with Gasteiger partial charge < -0.3 is 4.42 Å². The number of amides is 1. The summed E-state index contributed by atoms with van der Waals surface area (Å²) in [6.07, 6.45) is -3.44. The molecule has 3 heterocycles. The van der Waals surface area contributed by atoms with Gasteiger partial charge in [-0.25, -0.2) is 0 Å². The lowest BCUT2D eigenvalue weighted by atomic mass is 10.1. The number of hydrazone groups is 1. The number of rotatable bonds is 3. The van der Waals surface area contributed by atoms with Crippen molar-refractivity contribution in [1.82, 2.24) is 5.01 Å². The first kappa shape index (κ1) is 19.8. The molecule has 2 aliphatic rings. The van der Waals surface area contributed by atoms with Crippen LogP contribution in [0.3, 0.4) is 0 Å². The van der Waals surface area contributed by atoms with Crippen LogP contribution in [0.2, 0.25) is 5.02 Å². The van der Waals surface area contributed by atoms with E-state index in [-0.39, 0.29) is 28.3 Å². The summed E-state index contributed by atoms with van der Waals surface area (Å²) in [4.78, 5) is 16.7. The molecule has 0 saturated carbocycles. The second-order valence-corrected chi connectivity index (χ2v) is 8.11. The Hall–Kier alpha value is -2.50. The van der Waals surface area contributed by atoms with Gasteiger partial charge in [0.15, 0.2) is 10.9 Å². The maximum absolute atomic E-state index is 12.8. The third kappa shape index (κ3) is 4.11. The zero-order valence-corrected chi connectivity index (χ0v) is 16.4. The molecular weight excluding hydrogens is 449 g/mol. The maximum atomic E-state index is 12.8. The Kier molecular flexibility index (Phi) is 5.05. The molecule has 148 valence electrons. The Morgan fingerprint density at radius 2 is 1.93 bits per heavy atom. The highest BCUT2D eigenvalue weighted by molar-refractivity contribution is 8.27. The molecule has 12 heteroatoms. The largest absolute Gasteiger partial charge is 0.450 e. The van der Waals surface area contributed by atoms with E-state index in [0.717, 1.165) is 4.90 Å². The number of benzene rings is 1. The lowest BCUT2D eigenvalue weighted by Gasteiger charge is -2.19. The third-order valence-corrected chi connectivity index (χ3v) is 5.75. The van der Waals surface area contributed by atoms with Crippen molar-refractivity contribution >= 4 is 63.2 Å². The molecule has 2 aromatic rings. The fourth-order valence-corrected chi connectivity index (χ4v) is 4.00. The van der Waals surface area contributed by atoms with Gasteiger partial charge in [-0.05, 0) is 54.2 Å². The lowest BCUT2D eigenvalue weighted by Crippen LogP contribution is -2.35. The number of hydrogen-bond donors (Lipinski definition) is 1. The van der Waals surface area contributed by atoms with Gasteiger partial charge in [0.2, 0.25) is 10.2 Å². The van der Waals surface area contributed by atoms with Crippen molar-refractivity contribution in [3.8, 4) is 0 Å². The highest BCUT2D eigenvalue weighted by Gasteiger charge is 2.46. The quantitative estimate of drug-likeness (QED) is 0.636. The van der Waals surface area contributed by atoms with Crippen molar-refractivity contribution in [3.63, 3.8) is 0 Å². The van der Waals surface area contributed by atoms with Gasteiger partial charge in [0.05, 0.1) is 5.57 Å². The van der Waals surface area contributed by atoms with E-state index in [0.29, 0.717) is 15.1 Å². The topological polar surface area (TPSA) is 82.0 Å². The number of aliphatic imine (C=N–C) groups is 1. The summed E-state index contributed by atoms with van der Waals surface area (Å²) < 4.78 is 44.2. The van der Waals surface area contributed by atoms with E-state index in [9.17, 15) is 18.0 Å². The van der Waals surface area contributed by atoms with Crippen molar-refractivity contribution in [2.24, 2.45) is 10.1 Å². The molecule has 0 saturated heterocycles. The first-order valence-electron chi connectivity index (χ1n) is 7.81. The molecule has 1 amide bonds. The SMILES string of the molecule is N=C1/C(=C/c2ccc(Sc3ccc(Cl)cc3)o2)C(=O)N=C2SC(C(F)(F)F)=NN12. The zero-order valence-electron chi connectivity index (χ0n) is 14.0. The molecule has 0 atom stereocenters. The van der Waals surface area contributed by atoms with Crippen molar-refractivity contribution in [1.29, 1.82) is 5.41 Å². The first-order valence-corrected chi connectivity index (χ1v) is 9.82. The van der Waals surface area contributed by atoms with Gasteiger partial charge in [-0.2, -0.15) is 28.3 Å². The number of alkyl halides is 3. The van der Waals surface area contributed by atoms with Crippen LogP contribution >= 0.6 is 35.1 Å². The summed E-state index contributed by atoms with van der Waals surface area (Å²) in [6, 6.07) is 10.3. The Labute approximate surface area is 175 Å². The van der Waals surface area contributed by atoms with E-state index in [1.54, 1.807) is 24.3 Å². The molecule has 0 unspecified atom stereocenters. The van der Waals surface area contributed by atoms with E-state index in [1.807, 2.05) is 12.1 Å². The third-order valence-electron chi connectivity index (χ3n) is 3.62. The predicted molar refractivity (Wildman–Crippen MR) is 105 cm³/mol. The summed E-state index contributed by atoms with van der Waals surface area (Å²) >= 11 is 7.36. The van der Waals surface area contributed by atoms with Crippen molar-refractivity contribution in [2.45, 2.75) is 16.2 Å². The van der Waals surface area contributed by atoms with Crippen LogP contribution in [-0.4, -0.2) is 33.1 Å². The number of halogens is 4. The normalized spacial score (nSPS) is 18.2. The zero-order chi connectivity index (χ0) is 20.8. The molecule has 6 nitrogen and oxygen atoms in total. The second kappa shape index (κ2) is 7.39. The monoisotopic (exact) mass is 456 g/mol. The van der Waals surface area contributed by atoms with Gasteiger partial charge in [0, 0.05) is 9.92 Å². The molecule has 2 aliphatic heterocycles. The van der Waals surface area contributed by atoms with E-state index < -0.39 is 23.0 Å². The minimum atomic E-state index is -4.69. The van der Waals surface area contributed by atoms with E-state index in [4.69, 9.17) is 21.4 Å². The fraction of sp³-hybridized carbons (Fsp3) is 0.0588. The van der Waals surface area contributed by atoms with Crippen LogP contribution < -0.4 is 0 Å². The number of nitrogens with zero attached hydrogens (tertiary/aromatic N) is 3. The molecule has 0 bridgehead atoms. The molecule has 4 rings (SSSR count). The average Bonchev–Trinajstić information content (AvgIpc) is 3.27. The molecule has 0 spiro atoms. The smallest absolute Gasteiger partial charge is 0.441 e. The molecule has 0 radical (unpaired) electrons. The van der Waals surface area contributed by atoms with Gasteiger partial charge in [-0.1, -0.05) is 23.4 Å². The Morgan fingerprint density at radius 3 is 2.62 bits per heavy atom. The standard InChI is InChI=1S/C17H8ClF3N4O2S2/c18-8-1-4-10(5-2-8)28-12-6-3-9(27-12)7-11-13(22)25-16(23-14(11)26)29-15(24-25)17(19,20)21/h1-7,22H/b11-7-,22-13?. The summed E-state index contributed by atoms with van der Waals surface area (Å²) in [7, 11) is 0. The van der Waals surface area contributed by atoms with Crippen molar-refractivity contribution in [3.05, 3.63) is 52.8 Å². The summed E-state index contributed by atoms with van der Waals surface area (Å²) in [6.45, 7) is 0. The number of hydrogen-bond acceptors (Lipinski definition) is 6. The number of carbonyl (C=O) groups excluding carboxylic acids is 1. The molecular formula is C17H8ClF3N4O2S2. The predicted octanol–water partition coefficient (Wildman–Crippen LogP) is 5.27. The van der Waals surface area contributed by atoms with Crippen LogP contribution in [0.4, 0.5) is 13.2 Å². The number of amidine groups is 2. The van der Waals surface area contributed by atoms with Crippen LogP contribution in [0.1, 0.15) is 5.76 Å². The molecule has 1 aromatic carbocycles. The van der Waals surface area contributed by atoms with Gasteiger partial charge in [-0.3, -0.25) is 10.2 Å². The van der Waals surface area contributed by atoms with Crippen molar-refractivity contribution < 1.29 is 22.4 Å². The first-order chi connectivity index (χ1) is 13.7. The van der Waals surface area contributed by atoms with Crippen molar-refractivity contribution in [2.75, 3.05) is 0 Å². The van der Waals surface area contributed by atoms with Gasteiger partial charge in [0.1, 0.15) is 5.76 Å². The average molecular weight is 457 g/mol. The molecule has 0 fully saturated rings. The Balaban J connectivity index is 1.57. The van der Waals surface area contributed by atoms with Gasteiger partial charge in [-0.15, -0.1) is 0 Å². The highest BCUT2D eigenvalue weighted by Crippen LogP contribution is 2.36. The van der Waals surface area contributed by atoms with Gasteiger partial charge >= 0.3 is 6.18 Å². The number of thioether (sulfide) groups is 1. The van der Waals surface area contributed by atoms with E-state index in [2.05, 4.69) is 10.1 Å². The van der Waals surface area contributed by atoms with Crippen LogP contribution in [0.15, 0.2) is 66.5 Å². The molecule has 1 N–H and O–H groups in total. The van der Waals surface area contributed by atoms with Gasteiger partial charge in [0.25, 0.3) is 5.91 Å². The Morgan fingerprint density at radius 1 is 1.21 bits per heavy atom. The van der Waals surface area contributed by atoms with E-state index in [1.165, 1.54) is 17.8 Å². The molecule has 0 aliphatic carbocycles. The second-order valence-electron chi connectivity index (χ2n) is 5.64. The Bertz CT molecular complexity index is 1110. The summed E-state index contributed by atoms with van der Waals surface area (Å²) in [5.74, 6) is -1.09. The fourth-order valence-electron chi connectivity index (χ4n) is 2.33. The minimum Gasteiger partial charge on any atom is -0.450 e. The van der Waals surface area contributed by atoms with Crippen LogP contribution in [0.5, 0.6) is 0 Å². The molecule has 29 heavy (non-hydrogen) atoms. The highest BCUT2D eigenvalue weighted by atomic mass is 35.5. The number of nitrogens with one attached hydrogen (secondary N) is 1. The number of fused-ring (bicyclic) bond motifs is 1.